The van der Waals surface area contributed by atoms with E-state index in [1.165, 1.54) is 18.0 Å². The molecule has 0 bridgehead atoms. The van der Waals surface area contributed by atoms with Crippen LogP contribution in [0.25, 0.3) is 0 Å². The summed E-state index contributed by atoms with van der Waals surface area (Å²) in [5, 5.41) is 3.25. The van der Waals surface area contributed by atoms with Gasteiger partial charge in [0, 0.05) is 6.20 Å². The molecule has 62 valence electrons. The van der Waals surface area contributed by atoms with Gasteiger partial charge in [0.25, 0.3) is 0 Å². The average Bonchev–Trinajstić information content (AvgIpc) is 2.05. The number of halogens is 1. The Hall–Kier alpha value is -0.740. The fraction of sp³-hybridized carbons (Fsp3) is 0.143. The van der Waals surface area contributed by atoms with Crippen LogP contribution in [0.1, 0.15) is 0 Å². The number of nitrogens with zero attached hydrogens (tertiary/aromatic N) is 1. The van der Waals surface area contributed by atoms with E-state index in [9.17, 15) is 4.79 Å². The number of rotatable bonds is 0. The molecule has 3 nitrogen and oxygen atoms in total. The molecule has 0 aliphatic carbocycles. The molecule has 0 spiro atoms. The minimum absolute atomic E-state index is 0.0117. The number of carbonyl (C=O) groups excluding carboxylic acids is 1. The Balaban J connectivity index is 2.43. The van der Waals surface area contributed by atoms with E-state index in [1.54, 1.807) is 6.07 Å². The molecule has 2 rings (SSSR count). The Morgan fingerprint density at radius 1 is 1.67 bits per heavy atom. The molecule has 1 aliphatic heterocycles. The lowest BCUT2D eigenvalue weighted by Crippen LogP contribution is -2.19. The lowest BCUT2D eigenvalue weighted by molar-refractivity contribution is -0.113. The van der Waals surface area contributed by atoms with E-state index in [4.69, 9.17) is 11.6 Å². The zero-order chi connectivity index (χ0) is 8.55. The van der Waals surface area contributed by atoms with Gasteiger partial charge in [0.1, 0.15) is 5.82 Å². The van der Waals surface area contributed by atoms with Crippen molar-refractivity contribution in [3.05, 3.63) is 17.3 Å². The normalized spacial score (nSPS) is 15.2. The minimum Gasteiger partial charge on any atom is -0.309 e. The Kier molecular flexibility index (Phi) is 1.94. The quantitative estimate of drug-likeness (QED) is 0.694. The molecule has 0 atom stereocenters. The van der Waals surface area contributed by atoms with E-state index in [2.05, 4.69) is 10.3 Å². The highest BCUT2D eigenvalue weighted by atomic mass is 35.5. The van der Waals surface area contributed by atoms with Crippen LogP contribution in [0.4, 0.5) is 5.82 Å². The van der Waals surface area contributed by atoms with Crippen molar-refractivity contribution in [3.8, 4) is 0 Å². The number of amides is 1. The summed E-state index contributed by atoms with van der Waals surface area (Å²) >= 11 is 7.18. The molecular formula is C7H5ClN2OS. The van der Waals surface area contributed by atoms with Gasteiger partial charge < -0.3 is 5.32 Å². The Morgan fingerprint density at radius 3 is 3.33 bits per heavy atom. The third kappa shape index (κ3) is 1.40. The molecule has 0 saturated carbocycles. The van der Waals surface area contributed by atoms with Crippen LogP contribution < -0.4 is 5.32 Å². The molecule has 0 radical (unpaired) electrons. The number of carbonyl (C=O) groups is 1. The van der Waals surface area contributed by atoms with Crippen LogP contribution in [0.5, 0.6) is 0 Å². The molecule has 0 unspecified atom stereocenters. The predicted molar refractivity (Wildman–Crippen MR) is 48.6 cm³/mol. The van der Waals surface area contributed by atoms with Crippen molar-refractivity contribution >= 4 is 35.1 Å². The summed E-state index contributed by atoms with van der Waals surface area (Å²) in [5.41, 5.74) is 0. The molecule has 0 fully saturated rings. The van der Waals surface area contributed by atoms with Crippen molar-refractivity contribution in [3.63, 3.8) is 0 Å². The summed E-state index contributed by atoms with van der Waals surface area (Å²) in [6.45, 7) is 0. The first-order chi connectivity index (χ1) is 5.75. The van der Waals surface area contributed by atoms with Gasteiger partial charge in [0.05, 0.1) is 15.7 Å². The number of pyridine rings is 1. The van der Waals surface area contributed by atoms with Gasteiger partial charge in [-0.25, -0.2) is 4.98 Å². The van der Waals surface area contributed by atoms with E-state index >= 15 is 0 Å². The zero-order valence-corrected chi connectivity index (χ0v) is 7.58. The summed E-state index contributed by atoms with van der Waals surface area (Å²) in [5.74, 6) is 1.04. The highest BCUT2D eigenvalue weighted by molar-refractivity contribution is 8.00. The predicted octanol–water partition coefficient (Wildman–Crippen LogP) is 1.78. The van der Waals surface area contributed by atoms with Crippen molar-refractivity contribution < 1.29 is 4.79 Å². The lowest BCUT2D eigenvalue weighted by Gasteiger charge is -2.14. The van der Waals surface area contributed by atoms with E-state index < -0.39 is 0 Å². The second-order valence-electron chi connectivity index (χ2n) is 2.34. The van der Waals surface area contributed by atoms with Crippen LogP contribution in [-0.2, 0) is 4.79 Å². The first-order valence-electron chi connectivity index (χ1n) is 3.34. The summed E-state index contributed by atoms with van der Waals surface area (Å²) in [4.78, 5) is 15.8. The van der Waals surface area contributed by atoms with Gasteiger partial charge in [-0.1, -0.05) is 11.6 Å². The second kappa shape index (κ2) is 2.95. The van der Waals surface area contributed by atoms with Gasteiger partial charge in [-0.2, -0.15) is 0 Å². The lowest BCUT2D eigenvalue weighted by atomic mass is 10.4. The van der Waals surface area contributed by atoms with Gasteiger partial charge >= 0.3 is 0 Å². The van der Waals surface area contributed by atoms with Crippen molar-refractivity contribution in [2.45, 2.75) is 4.90 Å². The highest BCUT2D eigenvalue weighted by Gasteiger charge is 2.15. The number of anilines is 1. The largest absolute Gasteiger partial charge is 0.309 e. The number of hydrogen-bond donors (Lipinski definition) is 1. The molecule has 1 N–H and O–H groups in total. The van der Waals surface area contributed by atoms with Crippen molar-refractivity contribution in [1.82, 2.24) is 4.98 Å². The van der Waals surface area contributed by atoms with Gasteiger partial charge in [-0.05, 0) is 6.07 Å². The number of hydrogen-bond acceptors (Lipinski definition) is 3. The Labute approximate surface area is 78.5 Å². The van der Waals surface area contributed by atoms with E-state index in [1.807, 2.05) is 0 Å². The van der Waals surface area contributed by atoms with Gasteiger partial charge in [0.2, 0.25) is 5.91 Å². The minimum atomic E-state index is -0.0117. The number of aromatic nitrogens is 1. The SMILES string of the molecule is O=C1CSc2cc(Cl)cnc2N1. The molecule has 1 aromatic heterocycles. The fourth-order valence-electron chi connectivity index (χ4n) is 0.936. The zero-order valence-electron chi connectivity index (χ0n) is 6.00. The van der Waals surface area contributed by atoms with Crippen LogP contribution in [-0.4, -0.2) is 16.6 Å². The third-order valence-corrected chi connectivity index (χ3v) is 2.67. The van der Waals surface area contributed by atoms with Crippen LogP contribution >= 0.6 is 23.4 Å². The molecular weight excluding hydrogens is 196 g/mol. The Bertz CT molecular complexity index is 342. The van der Waals surface area contributed by atoms with E-state index in [-0.39, 0.29) is 5.91 Å². The van der Waals surface area contributed by atoms with Crippen molar-refractivity contribution in [2.24, 2.45) is 0 Å². The standard InChI is InChI=1S/C7H5ClN2OS/c8-4-1-5-7(9-2-4)10-6(11)3-12-5/h1-2H,3H2,(H,9,10,11). The van der Waals surface area contributed by atoms with Crippen molar-refractivity contribution in [2.75, 3.05) is 11.1 Å². The average molecular weight is 201 g/mol. The first-order valence-corrected chi connectivity index (χ1v) is 4.70. The maximum absolute atomic E-state index is 10.9. The molecule has 12 heavy (non-hydrogen) atoms. The molecule has 0 aromatic carbocycles. The maximum Gasteiger partial charge on any atom is 0.235 e. The smallest absolute Gasteiger partial charge is 0.235 e. The summed E-state index contributed by atoms with van der Waals surface area (Å²) < 4.78 is 0. The van der Waals surface area contributed by atoms with Crippen LogP contribution in [0.15, 0.2) is 17.2 Å². The van der Waals surface area contributed by atoms with Crippen LogP contribution in [0.3, 0.4) is 0 Å². The first kappa shape index (κ1) is 7.89. The number of thioether (sulfide) groups is 1. The Morgan fingerprint density at radius 2 is 2.50 bits per heavy atom. The molecule has 2 heterocycles. The number of fused-ring (bicyclic) bond motifs is 1. The molecule has 1 aliphatic rings. The second-order valence-corrected chi connectivity index (χ2v) is 3.79. The maximum atomic E-state index is 10.9. The molecule has 5 heteroatoms. The van der Waals surface area contributed by atoms with E-state index in [0.29, 0.717) is 16.6 Å². The molecule has 1 amide bonds. The monoisotopic (exact) mass is 200 g/mol. The fourth-order valence-corrected chi connectivity index (χ4v) is 1.97. The summed E-state index contributed by atoms with van der Waals surface area (Å²) in [6.07, 6.45) is 1.52. The summed E-state index contributed by atoms with van der Waals surface area (Å²) in [7, 11) is 0. The highest BCUT2D eigenvalue weighted by Crippen LogP contribution is 2.31. The third-order valence-electron chi connectivity index (χ3n) is 1.44. The van der Waals surface area contributed by atoms with Gasteiger partial charge in [-0.3, -0.25) is 4.79 Å². The summed E-state index contributed by atoms with van der Waals surface area (Å²) in [6, 6.07) is 1.80. The van der Waals surface area contributed by atoms with Crippen LogP contribution in [0.2, 0.25) is 5.02 Å². The van der Waals surface area contributed by atoms with Crippen LogP contribution in [0, 0.1) is 0 Å². The van der Waals surface area contributed by atoms with Gasteiger partial charge in [-0.15, -0.1) is 11.8 Å². The topological polar surface area (TPSA) is 42.0 Å². The van der Waals surface area contributed by atoms with Gasteiger partial charge in [0.15, 0.2) is 0 Å². The number of nitrogens with one attached hydrogen (secondary N) is 1. The molecule has 0 saturated heterocycles. The van der Waals surface area contributed by atoms with E-state index in [0.717, 1.165) is 4.90 Å². The molecule has 1 aromatic rings. The van der Waals surface area contributed by atoms with Crippen molar-refractivity contribution in [1.29, 1.82) is 0 Å².